The van der Waals surface area contributed by atoms with E-state index in [4.69, 9.17) is 4.42 Å². The standard InChI is InChI=1S/C38H26N2O.2C6H5.Sn/c1-5-15-31(16-6-1)39(32-17-7-2-8-18-32)35-23-13-14-29(26-35)38-28-30-27-36(24-25-37(30)41-38)40(33-19-9-3-10-20-33)34-21-11-4-12-22-34;2*1-2-4-6-5-3-1;/h1-13,15-27H;2*1-5H;. The van der Waals surface area contributed by atoms with Crippen molar-refractivity contribution < 1.29 is 4.42 Å². The summed E-state index contributed by atoms with van der Waals surface area (Å²) in [6.45, 7) is 0. The van der Waals surface area contributed by atoms with Crippen molar-refractivity contribution >= 4 is 77.8 Å². The molecule has 0 saturated heterocycles. The molecular formula is C50H36N2OSn. The summed E-state index contributed by atoms with van der Waals surface area (Å²) in [5.74, 6) is 0.995. The van der Waals surface area contributed by atoms with Crippen molar-refractivity contribution in [2.45, 2.75) is 0 Å². The molecule has 3 nitrogen and oxygen atoms in total. The van der Waals surface area contributed by atoms with Crippen LogP contribution in [0.25, 0.3) is 22.3 Å². The van der Waals surface area contributed by atoms with Crippen molar-refractivity contribution in [1.82, 2.24) is 0 Å². The molecule has 0 spiro atoms. The zero-order chi connectivity index (χ0) is 35.9. The van der Waals surface area contributed by atoms with Crippen LogP contribution in [-0.2, 0) is 0 Å². The monoisotopic (exact) mass is 800 g/mol. The number of hydrogen-bond acceptors (Lipinski definition) is 3. The Hall–Kier alpha value is -6.30. The van der Waals surface area contributed by atoms with Gasteiger partial charge in [0.25, 0.3) is 0 Å². The van der Waals surface area contributed by atoms with E-state index in [2.05, 4.69) is 228 Å². The average molecular weight is 800 g/mol. The van der Waals surface area contributed by atoms with Crippen molar-refractivity contribution in [3.05, 3.63) is 218 Å². The van der Waals surface area contributed by atoms with Crippen molar-refractivity contribution in [2.75, 3.05) is 9.80 Å². The summed E-state index contributed by atoms with van der Waals surface area (Å²) in [7, 11) is 0. The van der Waals surface area contributed by atoms with Gasteiger partial charge in [0, 0.05) is 0 Å². The molecule has 4 heteroatoms. The molecule has 2 heterocycles. The van der Waals surface area contributed by atoms with Crippen LogP contribution in [-0.4, -0.2) is 18.4 Å². The zero-order valence-electron chi connectivity index (χ0n) is 29.6. The van der Waals surface area contributed by atoms with Gasteiger partial charge in [-0.2, -0.15) is 0 Å². The summed E-state index contributed by atoms with van der Waals surface area (Å²) in [5, 5.41) is 1.18. The van der Waals surface area contributed by atoms with E-state index in [-0.39, 0.29) is 0 Å². The minimum atomic E-state index is -4.06. The molecule has 0 bridgehead atoms. The third-order valence-corrected chi connectivity index (χ3v) is 24.6. The van der Waals surface area contributed by atoms with Crippen LogP contribution >= 0.6 is 0 Å². The van der Waals surface area contributed by atoms with Crippen molar-refractivity contribution in [3.63, 3.8) is 0 Å². The Morgan fingerprint density at radius 1 is 0.352 bits per heavy atom. The van der Waals surface area contributed by atoms with Crippen LogP contribution < -0.4 is 24.1 Å². The predicted molar refractivity (Wildman–Crippen MR) is 228 cm³/mol. The predicted octanol–water partition coefficient (Wildman–Crippen LogP) is 10.7. The molecule has 0 radical (unpaired) electrons. The first-order valence-electron chi connectivity index (χ1n) is 18.4. The second kappa shape index (κ2) is 13.6. The van der Waals surface area contributed by atoms with Crippen LogP contribution in [0.3, 0.4) is 0 Å². The fourth-order valence-corrected chi connectivity index (χ4v) is 23.4. The Morgan fingerprint density at radius 3 is 1.19 bits per heavy atom. The second-order valence-electron chi connectivity index (χ2n) is 13.7. The van der Waals surface area contributed by atoms with Crippen LogP contribution in [0.2, 0.25) is 0 Å². The van der Waals surface area contributed by atoms with E-state index in [1.54, 1.807) is 0 Å². The van der Waals surface area contributed by atoms with Crippen LogP contribution in [0.15, 0.2) is 223 Å². The molecule has 256 valence electrons. The molecule has 0 amide bonds. The van der Waals surface area contributed by atoms with Crippen LogP contribution in [0.1, 0.15) is 0 Å². The van der Waals surface area contributed by atoms with Gasteiger partial charge in [-0.1, -0.05) is 0 Å². The Bertz CT molecular complexity index is 2580. The second-order valence-corrected chi connectivity index (χ2v) is 24.3. The van der Waals surface area contributed by atoms with E-state index in [9.17, 15) is 0 Å². The number of rotatable bonds is 8. The molecule has 0 N–H and O–H groups in total. The summed E-state index contributed by atoms with van der Waals surface area (Å²) in [5.41, 5.74) is 8.73. The number of furan rings is 1. The Kier molecular flexibility index (Phi) is 8.15. The first-order chi connectivity index (χ1) is 26.8. The van der Waals surface area contributed by atoms with E-state index in [0.29, 0.717) is 0 Å². The van der Waals surface area contributed by atoms with Crippen LogP contribution in [0, 0.1) is 0 Å². The van der Waals surface area contributed by atoms with Crippen molar-refractivity contribution in [3.8, 4) is 11.3 Å². The molecule has 1 aromatic heterocycles. The molecule has 8 aromatic carbocycles. The molecular weight excluding hydrogens is 763 g/mol. The topological polar surface area (TPSA) is 19.6 Å². The third kappa shape index (κ3) is 5.26. The van der Waals surface area contributed by atoms with Crippen molar-refractivity contribution in [1.29, 1.82) is 0 Å². The van der Waals surface area contributed by atoms with Crippen LogP contribution in [0.4, 0.5) is 34.1 Å². The molecule has 0 fully saturated rings. The molecule has 9 aromatic rings. The van der Waals surface area contributed by atoms with Gasteiger partial charge in [-0.3, -0.25) is 0 Å². The molecule has 54 heavy (non-hydrogen) atoms. The first-order valence-corrected chi connectivity index (χ1v) is 24.1. The number of benzene rings is 8. The van der Waals surface area contributed by atoms with Gasteiger partial charge in [-0.25, -0.2) is 0 Å². The van der Waals surface area contributed by atoms with Crippen molar-refractivity contribution in [2.24, 2.45) is 0 Å². The minimum absolute atomic E-state index is 0.914. The number of para-hydroxylation sites is 4. The third-order valence-electron chi connectivity index (χ3n) is 10.7. The normalized spacial score (nSPS) is 12.6. The van der Waals surface area contributed by atoms with Crippen LogP contribution in [0.5, 0.6) is 0 Å². The maximum absolute atomic E-state index is 7.14. The Balaban J connectivity index is 1.27. The van der Waals surface area contributed by atoms with Gasteiger partial charge in [-0.15, -0.1) is 0 Å². The SMILES string of the molecule is c1ccc(N(c2ccccc2)c2cc[c]3c(c2)-c2oc4ccc(N(c5ccccc5)c5ccccc5)cc4[c]2[Sn]3([c]2ccccc2)[c]2ccccc2)cc1. The van der Waals surface area contributed by atoms with Gasteiger partial charge >= 0.3 is 322 Å². The number of fused-ring (bicyclic) bond motifs is 5. The fourth-order valence-electron chi connectivity index (χ4n) is 8.45. The summed E-state index contributed by atoms with van der Waals surface area (Å²) in [6.07, 6.45) is 0. The molecule has 1 aliphatic rings. The van der Waals surface area contributed by atoms with Gasteiger partial charge in [-0.05, 0) is 0 Å². The van der Waals surface area contributed by atoms with E-state index in [1.807, 2.05) is 0 Å². The summed E-state index contributed by atoms with van der Waals surface area (Å²) < 4.78 is 12.7. The average Bonchev–Trinajstić information content (AvgIpc) is 3.76. The molecule has 0 aliphatic carbocycles. The van der Waals surface area contributed by atoms with Gasteiger partial charge in [0.1, 0.15) is 0 Å². The number of nitrogens with zero attached hydrogens (tertiary/aromatic N) is 2. The summed E-state index contributed by atoms with van der Waals surface area (Å²) in [4.78, 5) is 4.69. The van der Waals surface area contributed by atoms with Gasteiger partial charge in [0.05, 0.1) is 0 Å². The molecule has 0 atom stereocenters. The molecule has 10 rings (SSSR count). The van der Waals surface area contributed by atoms with Gasteiger partial charge < -0.3 is 0 Å². The van der Waals surface area contributed by atoms with E-state index < -0.39 is 18.4 Å². The quantitative estimate of drug-likeness (QED) is 0.143. The zero-order valence-corrected chi connectivity index (χ0v) is 32.4. The fraction of sp³-hybridized carbons (Fsp3) is 0. The van der Waals surface area contributed by atoms with Gasteiger partial charge in [0.2, 0.25) is 0 Å². The molecule has 0 unspecified atom stereocenters. The Morgan fingerprint density at radius 2 is 0.741 bits per heavy atom. The van der Waals surface area contributed by atoms with E-state index in [0.717, 1.165) is 45.5 Å². The number of anilines is 6. The maximum atomic E-state index is 7.14. The van der Waals surface area contributed by atoms with E-state index in [1.165, 1.54) is 25.3 Å². The summed E-state index contributed by atoms with van der Waals surface area (Å²) in [6, 6.07) is 79.0. The number of hydrogen-bond donors (Lipinski definition) is 0. The summed E-state index contributed by atoms with van der Waals surface area (Å²) >= 11 is -4.06. The Labute approximate surface area is 319 Å². The first kappa shape index (κ1) is 32.4. The van der Waals surface area contributed by atoms with Gasteiger partial charge in [0.15, 0.2) is 0 Å². The molecule has 1 aliphatic heterocycles. The van der Waals surface area contributed by atoms with E-state index >= 15 is 0 Å². The molecule has 0 saturated carbocycles.